The van der Waals surface area contributed by atoms with Crippen LogP contribution in [0.5, 0.6) is 0 Å². The number of halogens is 1. The van der Waals surface area contributed by atoms with E-state index in [2.05, 4.69) is 0 Å². The van der Waals surface area contributed by atoms with Gasteiger partial charge in [-0.2, -0.15) is 0 Å². The number of benzene rings is 1. The zero-order valence-electron chi connectivity index (χ0n) is 8.79. The van der Waals surface area contributed by atoms with Crippen LogP contribution in [0.4, 0.5) is 5.69 Å². The number of anilines is 1. The lowest BCUT2D eigenvalue weighted by Crippen LogP contribution is -2.34. The Labute approximate surface area is 98.0 Å². The number of rotatable bonds is 2. The monoisotopic (exact) mass is 238 g/mol. The molecule has 84 valence electrons. The summed E-state index contributed by atoms with van der Waals surface area (Å²) in [5.41, 5.74) is 7.19. The van der Waals surface area contributed by atoms with Crippen LogP contribution in [0.15, 0.2) is 12.1 Å². The first-order valence-corrected chi connectivity index (χ1v) is 5.31. The molecule has 0 radical (unpaired) electrons. The maximum atomic E-state index is 11.7. The van der Waals surface area contributed by atoms with Crippen LogP contribution in [0.1, 0.15) is 15.9 Å². The Morgan fingerprint density at radius 3 is 2.69 bits per heavy atom. The van der Waals surface area contributed by atoms with Crippen LogP contribution in [-0.4, -0.2) is 24.8 Å². The molecule has 1 aromatic carbocycles. The number of ketones is 1. The fourth-order valence-corrected chi connectivity index (χ4v) is 2.04. The summed E-state index contributed by atoms with van der Waals surface area (Å²) in [6.45, 7) is 2.43. The number of hydrogen-bond donors (Lipinski definition) is 1. The van der Waals surface area contributed by atoms with E-state index < -0.39 is 11.7 Å². The van der Waals surface area contributed by atoms with Crippen molar-refractivity contribution in [2.45, 2.75) is 6.92 Å². The number of carbonyl (C=O) groups is 2. The number of Topliss-reactive ketones (excluding diaryl/α,β-unsaturated/α-hetero) is 1. The van der Waals surface area contributed by atoms with Gasteiger partial charge in [0.15, 0.2) is 0 Å². The second-order valence-corrected chi connectivity index (χ2v) is 4.05. The summed E-state index contributed by atoms with van der Waals surface area (Å²) in [4.78, 5) is 24.8. The van der Waals surface area contributed by atoms with Crippen LogP contribution >= 0.6 is 11.6 Å². The molecule has 0 fully saturated rings. The quantitative estimate of drug-likeness (QED) is 0.786. The molecule has 16 heavy (non-hydrogen) atoms. The van der Waals surface area contributed by atoms with Gasteiger partial charge in [0, 0.05) is 18.1 Å². The molecule has 0 unspecified atom stereocenters. The van der Waals surface area contributed by atoms with Crippen LogP contribution in [0.25, 0.3) is 0 Å². The Kier molecular flexibility index (Phi) is 2.69. The molecule has 1 aliphatic rings. The third kappa shape index (κ3) is 1.42. The smallest absolute Gasteiger partial charge is 0.299 e. The van der Waals surface area contributed by atoms with Crippen LogP contribution in [0, 0.1) is 6.92 Å². The molecule has 0 aliphatic carbocycles. The Hall–Kier alpha value is -1.39. The van der Waals surface area contributed by atoms with Crippen LogP contribution in [0.3, 0.4) is 0 Å². The fraction of sp³-hybridized carbons (Fsp3) is 0.273. The van der Waals surface area contributed by atoms with Crippen molar-refractivity contribution in [3.8, 4) is 0 Å². The summed E-state index contributed by atoms with van der Waals surface area (Å²) in [6, 6.07) is 3.22. The second kappa shape index (κ2) is 3.88. The number of hydrogen-bond acceptors (Lipinski definition) is 3. The van der Waals surface area contributed by atoms with Gasteiger partial charge in [0.2, 0.25) is 0 Å². The zero-order chi connectivity index (χ0) is 11.9. The van der Waals surface area contributed by atoms with Gasteiger partial charge < -0.3 is 10.6 Å². The molecule has 0 saturated carbocycles. The SMILES string of the molecule is Cc1c(Cl)ccc2c1N(CCN)C(=O)C2=O. The molecule has 1 aromatic rings. The highest BCUT2D eigenvalue weighted by atomic mass is 35.5. The Morgan fingerprint density at radius 1 is 1.38 bits per heavy atom. The topological polar surface area (TPSA) is 63.4 Å². The summed E-state index contributed by atoms with van der Waals surface area (Å²) < 4.78 is 0. The lowest BCUT2D eigenvalue weighted by atomic mass is 10.1. The van der Waals surface area contributed by atoms with Crippen molar-refractivity contribution in [2.24, 2.45) is 5.73 Å². The maximum absolute atomic E-state index is 11.7. The fourth-order valence-electron chi connectivity index (χ4n) is 1.89. The second-order valence-electron chi connectivity index (χ2n) is 3.64. The summed E-state index contributed by atoms with van der Waals surface area (Å²) in [5.74, 6) is -1.01. The van der Waals surface area contributed by atoms with Gasteiger partial charge in [0.05, 0.1) is 11.3 Å². The molecule has 2 rings (SSSR count). The largest absolute Gasteiger partial charge is 0.329 e. The van der Waals surface area contributed by atoms with E-state index in [1.165, 1.54) is 4.90 Å². The van der Waals surface area contributed by atoms with E-state index in [1.807, 2.05) is 0 Å². The molecule has 0 spiro atoms. The summed E-state index contributed by atoms with van der Waals surface area (Å²) in [6.07, 6.45) is 0. The van der Waals surface area contributed by atoms with Crippen molar-refractivity contribution in [3.05, 3.63) is 28.3 Å². The van der Waals surface area contributed by atoms with Gasteiger partial charge in [0.25, 0.3) is 11.7 Å². The van der Waals surface area contributed by atoms with Gasteiger partial charge in [-0.3, -0.25) is 9.59 Å². The summed E-state index contributed by atoms with van der Waals surface area (Å²) in [7, 11) is 0. The van der Waals surface area contributed by atoms with Crippen molar-refractivity contribution in [1.29, 1.82) is 0 Å². The average molecular weight is 239 g/mol. The lowest BCUT2D eigenvalue weighted by molar-refractivity contribution is -0.114. The van der Waals surface area contributed by atoms with Crippen molar-refractivity contribution in [1.82, 2.24) is 0 Å². The number of nitrogens with two attached hydrogens (primary N) is 1. The normalized spacial score (nSPS) is 14.6. The zero-order valence-corrected chi connectivity index (χ0v) is 9.54. The minimum absolute atomic E-state index is 0.310. The van der Waals surface area contributed by atoms with E-state index >= 15 is 0 Å². The first kappa shape index (κ1) is 11.1. The minimum Gasteiger partial charge on any atom is -0.329 e. The molecule has 0 bridgehead atoms. The van der Waals surface area contributed by atoms with Gasteiger partial charge in [0.1, 0.15) is 0 Å². The molecule has 1 amide bonds. The van der Waals surface area contributed by atoms with E-state index in [1.54, 1.807) is 19.1 Å². The van der Waals surface area contributed by atoms with E-state index in [0.29, 0.717) is 29.4 Å². The van der Waals surface area contributed by atoms with Crippen molar-refractivity contribution < 1.29 is 9.59 Å². The first-order valence-electron chi connectivity index (χ1n) is 4.93. The highest BCUT2D eigenvalue weighted by Gasteiger charge is 2.36. The van der Waals surface area contributed by atoms with Gasteiger partial charge in [-0.25, -0.2) is 0 Å². The lowest BCUT2D eigenvalue weighted by Gasteiger charge is -2.17. The Morgan fingerprint density at radius 2 is 2.06 bits per heavy atom. The molecule has 1 heterocycles. The number of nitrogens with zero attached hydrogens (tertiary/aromatic N) is 1. The van der Waals surface area contributed by atoms with Crippen molar-refractivity contribution in [2.75, 3.05) is 18.0 Å². The molecule has 0 aromatic heterocycles. The molecular weight excluding hydrogens is 228 g/mol. The first-order chi connectivity index (χ1) is 7.57. The minimum atomic E-state index is -0.522. The van der Waals surface area contributed by atoms with Gasteiger partial charge in [-0.15, -0.1) is 0 Å². The number of fused-ring (bicyclic) bond motifs is 1. The highest BCUT2D eigenvalue weighted by Crippen LogP contribution is 2.35. The van der Waals surface area contributed by atoms with E-state index in [9.17, 15) is 9.59 Å². The van der Waals surface area contributed by atoms with E-state index in [4.69, 9.17) is 17.3 Å². The molecule has 0 atom stereocenters. The van der Waals surface area contributed by atoms with E-state index in [-0.39, 0.29) is 0 Å². The van der Waals surface area contributed by atoms with Crippen LogP contribution in [0.2, 0.25) is 5.02 Å². The Bertz CT molecular complexity index is 485. The number of amides is 1. The highest BCUT2D eigenvalue weighted by molar-refractivity contribution is 6.52. The molecule has 4 nitrogen and oxygen atoms in total. The maximum Gasteiger partial charge on any atom is 0.299 e. The van der Waals surface area contributed by atoms with Gasteiger partial charge in [-0.1, -0.05) is 11.6 Å². The molecule has 2 N–H and O–H groups in total. The number of carbonyl (C=O) groups excluding carboxylic acids is 2. The van der Waals surface area contributed by atoms with Crippen LogP contribution < -0.4 is 10.6 Å². The Balaban J connectivity index is 2.62. The average Bonchev–Trinajstić information content (AvgIpc) is 2.50. The van der Waals surface area contributed by atoms with Crippen molar-refractivity contribution in [3.63, 3.8) is 0 Å². The van der Waals surface area contributed by atoms with Crippen LogP contribution in [-0.2, 0) is 4.79 Å². The van der Waals surface area contributed by atoms with E-state index in [0.717, 1.165) is 5.56 Å². The predicted octanol–water partition coefficient (Wildman–Crippen LogP) is 1.14. The molecule has 0 saturated heterocycles. The summed E-state index contributed by atoms with van der Waals surface area (Å²) >= 11 is 5.97. The van der Waals surface area contributed by atoms with Gasteiger partial charge >= 0.3 is 0 Å². The summed E-state index contributed by atoms with van der Waals surface area (Å²) in [5, 5.41) is 0.545. The van der Waals surface area contributed by atoms with Gasteiger partial charge in [-0.05, 0) is 24.6 Å². The molecule has 5 heteroatoms. The predicted molar refractivity (Wildman–Crippen MR) is 61.9 cm³/mol. The van der Waals surface area contributed by atoms with Crippen molar-refractivity contribution >= 4 is 29.0 Å². The molecular formula is C11H11ClN2O2. The standard InChI is InChI=1S/C11H11ClN2O2/c1-6-8(12)3-2-7-9(6)14(5-4-13)11(16)10(7)15/h2-3H,4-5,13H2,1H3. The molecule has 1 aliphatic heterocycles. The third-order valence-corrected chi connectivity index (χ3v) is 3.08. The third-order valence-electron chi connectivity index (χ3n) is 2.67.